The number of halogens is 6. The molecule has 0 saturated carbocycles. The molecule has 0 aromatic heterocycles. The SMILES string of the molecule is CC(c1ccc2c(c1)C(=O)OC2=O)(c1ccc2c(c1)C(=O)OC2=O)C(F)(F)F.CCCCN1C(=O)c2ccc(C(C)(c3ccc4c(c3)C(=O)N(C)C4=O)C(F)(F)F)cc2C1=O.NCN. The van der Waals surface area contributed by atoms with Crippen LogP contribution >= 0.6 is 0 Å². The number of cyclic esters (lactones) is 4. The zero-order valence-corrected chi connectivity index (χ0v) is 34.2. The van der Waals surface area contributed by atoms with Crippen LogP contribution in [0.25, 0.3) is 0 Å². The number of nitrogens with two attached hydrogens (primary N) is 2. The van der Waals surface area contributed by atoms with Gasteiger partial charge in [-0.15, -0.1) is 0 Å². The van der Waals surface area contributed by atoms with Crippen molar-refractivity contribution in [2.75, 3.05) is 20.3 Å². The van der Waals surface area contributed by atoms with Crippen LogP contribution in [0.5, 0.6) is 0 Å². The van der Waals surface area contributed by atoms with Crippen molar-refractivity contribution in [2.45, 2.75) is 56.8 Å². The maximum absolute atomic E-state index is 14.5. The second kappa shape index (κ2) is 16.6. The first-order valence-corrected chi connectivity index (χ1v) is 19.2. The Kier molecular flexibility index (Phi) is 12.0. The molecule has 334 valence electrons. The summed E-state index contributed by atoms with van der Waals surface area (Å²) in [6.45, 7) is 4.18. The fraction of sp³-hybridized carbons (Fsp3) is 0.273. The van der Waals surface area contributed by atoms with Crippen molar-refractivity contribution in [1.82, 2.24) is 9.80 Å². The van der Waals surface area contributed by atoms with Gasteiger partial charge in [0, 0.05) is 20.3 Å². The minimum Gasteiger partial charge on any atom is -0.386 e. The average Bonchev–Trinajstić information content (AvgIpc) is 3.87. The highest BCUT2D eigenvalue weighted by molar-refractivity contribution is 6.22. The minimum absolute atomic E-state index is 0.0390. The van der Waals surface area contributed by atoms with Gasteiger partial charge < -0.3 is 20.9 Å². The number of hydrogen-bond acceptors (Lipinski definition) is 12. The number of fused-ring (bicyclic) bond motifs is 4. The van der Waals surface area contributed by atoms with Gasteiger partial charge in [0.25, 0.3) is 23.6 Å². The number of esters is 4. The number of rotatable bonds is 7. The van der Waals surface area contributed by atoms with E-state index in [1.165, 1.54) is 31.3 Å². The highest BCUT2D eigenvalue weighted by Gasteiger charge is 2.56. The fourth-order valence-corrected chi connectivity index (χ4v) is 7.57. The Morgan fingerprint density at radius 3 is 1.16 bits per heavy atom. The van der Waals surface area contributed by atoms with E-state index in [0.29, 0.717) is 6.42 Å². The zero-order valence-electron chi connectivity index (χ0n) is 34.2. The third-order valence-corrected chi connectivity index (χ3v) is 11.5. The number of nitrogens with zero attached hydrogens (tertiary/aromatic N) is 2. The van der Waals surface area contributed by atoms with Crippen LogP contribution in [0.3, 0.4) is 0 Å². The van der Waals surface area contributed by atoms with Gasteiger partial charge in [-0.05, 0) is 91.1 Å². The van der Waals surface area contributed by atoms with Crippen molar-refractivity contribution in [3.8, 4) is 0 Å². The minimum atomic E-state index is -4.84. The van der Waals surface area contributed by atoms with Crippen LogP contribution in [0, 0.1) is 0 Å². The molecule has 0 radical (unpaired) electrons. The van der Waals surface area contributed by atoms with Gasteiger partial charge in [0.1, 0.15) is 10.8 Å². The number of imide groups is 2. The number of carbonyl (C=O) groups excluding carboxylic acids is 8. The highest BCUT2D eigenvalue weighted by atomic mass is 19.4. The smallest absolute Gasteiger partial charge is 0.386 e. The lowest BCUT2D eigenvalue weighted by Crippen LogP contribution is -2.41. The summed E-state index contributed by atoms with van der Waals surface area (Å²) in [5.74, 6) is -6.33. The Hall–Kier alpha value is -7.06. The molecule has 4 aliphatic heterocycles. The second-order valence-electron chi connectivity index (χ2n) is 15.2. The van der Waals surface area contributed by atoms with Crippen molar-refractivity contribution in [3.63, 3.8) is 0 Å². The molecular formula is C44H36F6N4O10. The largest absolute Gasteiger partial charge is 0.402 e. The summed E-state index contributed by atoms with van der Waals surface area (Å²) in [7, 11) is 1.26. The van der Waals surface area contributed by atoms with E-state index in [1.54, 1.807) is 0 Å². The Labute approximate surface area is 359 Å². The first-order chi connectivity index (χ1) is 29.9. The van der Waals surface area contributed by atoms with Gasteiger partial charge in [0.15, 0.2) is 0 Å². The molecule has 64 heavy (non-hydrogen) atoms. The Morgan fingerprint density at radius 2 is 0.781 bits per heavy atom. The standard InChI is InChI=1S/C24H21F3N2O4.C19H9F3O6.CH6N2/c1-4-5-10-29-21(32)16-9-7-14(12-18(16)22(29)33)23(2,24(25,26)27)13-6-8-15-17(11-13)20(31)28(3)19(15)30;1-18(19(20,21)22,8-2-4-10-12(6-8)16(25)27-14(10)23)9-3-5-11-13(7-9)17(26)28-15(11)24;2-1-3/h6-9,11-12H,4-5,10H2,1-3H3;2-7H,1H3;1-3H2. The molecule has 0 bridgehead atoms. The molecule has 4 amide bonds. The summed E-state index contributed by atoms with van der Waals surface area (Å²) in [5.41, 5.74) is 2.01. The van der Waals surface area contributed by atoms with E-state index in [4.69, 9.17) is 0 Å². The van der Waals surface area contributed by atoms with Crippen LogP contribution in [0.15, 0.2) is 72.8 Å². The quantitative estimate of drug-likeness (QED) is 0.0697. The first-order valence-electron chi connectivity index (χ1n) is 19.2. The lowest BCUT2D eigenvalue weighted by molar-refractivity contribution is -0.173. The Morgan fingerprint density at radius 1 is 0.484 bits per heavy atom. The Bertz CT molecular complexity index is 2640. The molecule has 1 atom stereocenters. The molecule has 4 aliphatic rings. The van der Waals surface area contributed by atoms with E-state index in [2.05, 4.69) is 20.9 Å². The summed E-state index contributed by atoms with van der Waals surface area (Å²) < 4.78 is 94.9. The molecular weight excluding hydrogens is 858 g/mol. The van der Waals surface area contributed by atoms with Gasteiger partial charge in [-0.3, -0.25) is 29.0 Å². The number of hydrogen-bond donors (Lipinski definition) is 2. The second-order valence-corrected chi connectivity index (χ2v) is 15.2. The summed E-state index contributed by atoms with van der Waals surface area (Å²) >= 11 is 0. The number of unbranched alkanes of at least 4 members (excludes halogenated alkanes) is 1. The van der Waals surface area contributed by atoms with Gasteiger partial charge in [-0.2, -0.15) is 26.3 Å². The van der Waals surface area contributed by atoms with Crippen molar-refractivity contribution >= 4 is 47.5 Å². The van der Waals surface area contributed by atoms with Crippen LogP contribution < -0.4 is 11.5 Å². The maximum Gasteiger partial charge on any atom is 0.402 e. The van der Waals surface area contributed by atoms with E-state index >= 15 is 0 Å². The van der Waals surface area contributed by atoms with Crippen molar-refractivity contribution in [2.24, 2.45) is 11.5 Å². The van der Waals surface area contributed by atoms with Gasteiger partial charge >= 0.3 is 36.2 Å². The van der Waals surface area contributed by atoms with Gasteiger partial charge in [0.2, 0.25) is 0 Å². The van der Waals surface area contributed by atoms with Gasteiger partial charge in [-0.1, -0.05) is 37.6 Å². The summed E-state index contributed by atoms with van der Waals surface area (Å²) in [6, 6.07) is 13.2. The van der Waals surface area contributed by atoms with Crippen LogP contribution in [-0.4, -0.2) is 89.9 Å². The van der Waals surface area contributed by atoms with Crippen LogP contribution in [0.1, 0.15) is 139 Å². The number of carbonyl (C=O) groups is 8. The summed E-state index contributed by atoms with van der Waals surface area (Å²) in [6.07, 6.45) is -8.30. The first kappa shape index (κ1) is 46.4. The lowest BCUT2D eigenvalue weighted by atomic mass is 9.74. The third-order valence-electron chi connectivity index (χ3n) is 11.5. The van der Waals surface area contributed by atoms with Crippen LogP contribution in [0.2, 0.25) is 0 Å². The van der Waals surface area contributed by atoms with E-state index in [1.807, 2.05) is 6.92 Å². The van der Waals surface area contributed by atoms with Crippen molar-refractivity contribution in [3.05, 3.63) is 140 Å². The molecule has 0 saturated heterocycles. The van der Waals surface area contributed by atoms with Gasteiger partial charge in [0.05, 0.1) is 44.5 Å². The van der Waals surface area contributed by atoms with Gasteiger partial charge in [-0.25, -0.2) is 19.2 Å². The summed E-state index contributed by atoms with van der Waals surface area (Å²) in [5, 5.41) is 0. The molecule has 4 aromatic carbocycles. The predicted molar refractivity (Wildman–Crippen MR) is 210 cm³/mol. The van der Waals surface area contributed by atoms with Crippen molar-refractivity contribution < 1.29 is 74.2 Å². The lowest BCUT2D eigenvalue weighted by Gasteiger charge is -2.33. The van der Waals surface area contributed by atoms with Crippen LogP contribution in [0.4, 0.5) is 26.3 Å². The third kappa shape index (κ3) is 7.40. The normalized spacial score (nSPS) is 16.3. The number of ether oxygens (including phenoxy) is 2. The fourth-order valence-electron chi connectivity index (χ4n) is 7.57. The average molecular weight is 895 g/mol. The molecule has 4 aromatic rings. The number of alkyl halides is 6. The zero-order chi connectivity index (χ0) is 47.4. The van der Waals surface area contributed by atoms with E-state index in [-0.39, 0.29) is 80.0 Å². The predicted octanol–water partition coefficient (Wildman–Crippen LogP) is 6.21. The molecule has 20 heteroatoms. The Balaban J connectivity index is 0.000000203. The highest BCUT2D eigenvalue weighted by Crippen LogP contribution is 2.49. The van der Waals surface area contributed by atoms with Crippen LogP contribution in [-0.2, 0) is 20.3 Å². The monoisotopic (exact) mass is 894 g/mol. The molecule has 4 N–H and O–H groups in total. The molecule has 0 aliphatic carbocycles. The topological polar surface area (TPSA) is 214 Å². The summed E-state index contributed by atoms with van der Waals surface area (Å²) in [4.78, 5) is 98.4. The molecule has 14 nitrogen and oxygen atoms in total. The molecule has 4 heterocycles. The number of amides is 4. The van der Waals surface area contributed by atoms with E-state index < -0.39 is 70.7 Å². The molecule has 0 spiro atoms. The molecule has 8 rings (SSSR count). The van der Waals surface area contributed by atoms with E-state index in [9.17, 15) is 64.7 Å². The van der Waals surface area contributed by atoms with E-state index in [0.717, 1.165) is 78.6 Å². The number of benzene rings is 4. The molecule has 1 unspecified atom stereocenters. The molecule has 0 fully saturated rings. The van der Waals surface area contributed by atoms with Crippen molar-refractivity contribution in [1.29, 1.82) is 0 Å². The maximum atomic E-state index is 14.5.